The number of ether oxygens (including phenoxy) is 8. The normalized spacial score (nSPS) is 22.3. The van der Waals surface area contributed by atoms with Crippen LogP contribution in [0.5, 0.6) is 46.0 Å². The highest BCUT2D eigenvalue weighted by Gasteiger charge is 2.36. The van der Waals surface area contributed by atoms with Crippen LogP contribution in [-0.4, -0.2) is 27.2 Å². The number of hydrogen-bond donors (Lipinski definition) is 0. The van der Waals surface area contributed by atoms with Crippen LogP contribution >= 0.6 is 23.2 Å². The molecule has 4 heterocycles. The fourth-order valence-electron chi connectivity index (χ4n) is 8.03. The van der Waals surface area contributed by atoms with Crippen molar-refractivity contribution < 1.29 is 37.9 Å². The highest BCUT2D eigenvalue weighted by atomic mass is 35.5. The molecule has 0 unspecified atom stereocenters. The van der Waals surface area contributed by atoms with Crippen LogP contribution in [-0.2, 0) is 11.8 Å². The van der Waals surface area contributed by atoms with E-state index in [2.05, 4.69) is 52.0 Å². The fourth-order valence-corrected chi connectivity index (χ4v) is 8.52. The van der Waals surface area contributed by atoms with Crippen LogP contribution < -0.4 is 37.9 Å². The second-order valence-electron chi connectivity index (χ2n) is 13.0. The highest BCUT2D eigenvalue weighted by Crippen LogP contribution is 2.54. The van der Waals surface area contributed by atoms with E-state index in [-0.39, 0.29) is 62.6 Å². The summed E-state index contributed by atoms with van der Waals surface area (Å²) in [4.78, 5) is 0. The molecule has 248 valence electrons. The van der Waals surface area contributed by atoms with Crippen molar-refractivity contribution >= 4 is 23.2 Å². The molecule has 0 saturated heterocycles. The largest absolute Gasteiger partial charge is 0.457 e. The van der Waals surface area contributed by atoms with Crippen LogP contribution in [0.4, 0.5) is 0 Å². The van der Waals surface area contributed by atoms with Crippen LogP contribution in [0.25, 0.3) is 0 Å². The average Bonchev–Trinajstić information content (AvgIpc) is 3.07. The van der Waals surface area contributed by atoms with Crippen molar-refractivity contribution in [2.75, 3.05) is 27.2 Å². The van der Waals surface area contributed by atoms with Gasteiger partial charge in [-0.1, -0.05) is 27.7 Å². The third-order valence-corrected chi connectivity index (χ3v) is 11.3. The summed E-state index contributed by atoms with van der Waals surface area (Å²) in [5, 5.41) is 0. The van der Waals surface area contributed by atoms with Crippen LogP contribution in [0.3, 0.4) is 0 Å². The summed E-state index contributed by atoms with van der Waals surface area (Å²) in [6.45, 7) is 8.68. The zero-order valence-electron chi connectivity index (χ0n) is 27.0. The van der Waals surface area contributed by atoms with E-state index in [1.165, 1.54) is 0 Å². The van der Waals surface area contributed by atoms with Gasteiger partial charge >= 0.3 is 0 Å². The van der Waals surface area contributed by atoms with E-state index in [4.69, 9.17) is 61.1 Å². The lowest BCUT2D eigenvalue weighted by molar-refractivity contribution is 0.0976. The quantitative estimate of drug-likeness (QED) is 0.193. The third kappa shape index (κ3) is 4.27. The standard InChI is InChI=1S/C38H34Cl2O8/c1-17-21-5-22-18(2)27-8-28-20(4)24-6-23-19(3)26-7-25(17)35-29(11-39)36(26)46-15-43-33(23)10-34(24)44-16-48-38(28)30(12-40)37(27)47-14-42-32(22)9-31(21)41-13-45-35/h5-10,17-20H,11-16H2,1-4H3/t17-,18+,19+,20-. The molecule has 9 rings (SSSR count). The summed E-state index contributed by atoms with van der Waals surface area (Å²) in [5.74, 6) is 5.39. The second kappa shape index (κ2) is 11.2. The Labute approximate surface area is 288 Å². The van der Waals surface area contributed by atoms with Crippen molar-refractivity contribution in [1.82, 2.24) is 0 Å². The number of halogens is 2. The summed E-state index contributed by atoms with van der Waals surface area (Å²) in [7, 11) is 0. The van der Waals surface area contributed by atoms with Gasteiger partial charge in [-0.2, -0.15) is 0 Å². The van der Waals surface area contributed by atoms with E-state index >= 15 is 0 Å². The van der Waals surface area contributed by atoms with Crippen LogP contribution in [0, 0.1) is 0 Å². The van der Waals surface area contributed by atoms with Gasteiger partial charge in [0.2, 0.25) is 27.2 Å². The SMILES string of the molecule is C[C@@H]1c2cc3c4cc2OCOc2c1cc1c(c2CCl)OCOc2cc5c(cc2[C@@H]1C)[C@@H](C)c1cc(c(c(CCl)c1OCO5)OCO4)[C@H]3C. The van der Waals surface area contributed by atoms with E-state index < -0.39 is 0 Å². The first-order valence-electron chi connectivity index (χ1n) is 16.3. The Morgan fingerprint density at radius 1 is 0.396 bits per heavy atom. The van der Waals surface area contributed by atoms with Crippen molar-refractivity contribution in [3.8, 4) is 46.0 Å². The van der Waals surface area contributed by atoms with Gasteiger partial charge in [-0.05, 0) is 24.3 Å². The second-order valence-corrected chi connectivity index (χ2v) is 13.6. The minimum Gasteiger partial charge on any atom is -0.457 e. The first-order valence-corrected chi connectivity index (χ1v) is 17.3. The summed E-state index contributed by atoms with van der Waals surface area (Å²) in [6.07, 6.45) is 0. The van der Waals surface area contributed by atoms with E-state index in [9.17, 15) is 0 Å². The molecule has 0 spiro atoms. The van der Waals surface area contributed by atoms with E-state index in [0.717, 1.165) is 55.6 Å². The predicted molar refractivity (Wildman–Crippen MR) is 179 cm³/mol. The van der Waals surface area contributed by atoms with Gasteiger partial charge < -0.3 is 37.9 Å². The maximum absolute atomic E-state index is 6.72. The molecule has 4 aromatic carbocycles. The molecular formula is C38H34Cl2O8. The van der Waals surface area contributed by atoms with Crippen LogP contribution in [0.15, 0.2) is 36.4 Å². The Kier molecular flexibility index (Phi) is 6.99. The molecule has 4 aromatic rings. The molecule has 0 radical (unpaired) electrons. The fraction of sp³-hybridized carbons (Fsp3) is 0.368. The van der Waals surface area contributed by atoms with E-state index in [1.807, 2.05) is 12.1 Å². The molecule has 1 aliphatic carbocycles. The minimum absolute atomic E-state index is 0.00675. The molecule has 0 fully saturated rings. The Balaban J connectivity index is 1.41. The molecule has 8 nitrogen and oxygen atoms in total. The Hall–Kier alpha value is -4.14. The van der Waals surface area contributed by atoms with Crippen molar-refractivity contribution in [2.24, 2.45) is 0 Å². The molecule has 8 bridgehead atoms. The highest BCUT2D eigenvalue weighted by molar-refractivity contribution is 6.17. The summed E-state index contributed by atoms with van der Waals surface area (Å²) in [6, 6.07) is 12.8. The maximum atomic E-state index is 6.72. The number of benzene rings is 4. The van der Waals surface area contributed by atoms with Crippen molar-refractivity contribution in [3.05, 3.63) is 92.0 Å². The van der Waals surface area contributed by atoms with Crippen LogP contribution in [0.2, 0.25) is 0 Å². The predicted octanol–water partition coefficient (Wildman–Crippen LogP) is 9.00. The Morgan fingerprint density at radius 2 is 0.646 bits per heavy atom. The topological polar surface area (TPSA) is 73.8 Å². The van der Waals surface area contributed by atoms with Gasteiger partial charge in [-0.25, -0.2) is 0 Å². The smallest absolute Gasteiger partial charge is 0.230 e. The van der Waals surface area contributed by atoms with Crippen molar-refractivity contribution in [2.45, 2.75) is 63.1 Å². The third-order valence-electron chi connectivity index (χ3n) is 10.7. The molecule has 48 heavy (non-hydrogen) atoms. The Bertz CT molecular complexity index is 1740. The van der Waals surface area contributed by atoms with Crippen molar-refractivity contribution in [3.63, 3.8) is 0 Å². The number of hydrogen-bond acceptors (Lipinski definition) is 8. The van der Waals surface area contributed by atoms with Gasteiger partial charge in [0, 0.05) is 80.3 Å². The number of alkyl halides is 2. The summed E-state index contributed by atoms with van der Waals surface area (Å²) >= 11 is 13.4. The van der Waals surface area contributed by atoms with E-state index in [1.54, 1.807) is 0 Å². The molecule has 4 aliphatic heterocycles. The van der Waals surface area contributed by atoms with Gasteiger partial charge in [0.15, 0.2) is 0 Å². The van der Waals surface area contributed by atoms with E-state index in [0.29, 0.717) is 46.0 Å². The summed E-state index contributed by atoms with van der Waals surface area (Å²) < 4.78 is 50.6. The van der Waals surface area contributed by atoms with Gasteiger partial charge in [-0.3, -0.25) is 0 Å². The number of rotatable bonds is 2. The Morgan fingerprint density at radius 3 is 0.896 bits per heavy atom. The molecule has 10 heteroatoms. The summed E-state index contributed by atoms with van der Waals surface area (Å²) in [5.41, 5.74) is 9.71. The minimum atomic E-state index is -0.121. The lowest BCUT2D eigenvalue weighted by atomic mass is 9.79. The average molecular weight is 690 g/mol. The van der Waals surface area contributed by atoms with Crippen LogP contribution in [0.1, 0.15) is 107 Å². The molecule has 0 N–H and O–H groups in total. The first-order chi connectivity index (χ1) is 23.4. The molecule has 0 aromatic heterocycles. The van der Waals surface area contributed by atoms with Gasteiger partial charge in [0.25, 0.3) is 0 Å². The van der Waals surface area contributed by atoms with Gasteiger partial charge in [-0.15, -0.1) is 23.2 Å². The molecule has 5 aliphatic rings. The molecule has 4 atom stereocenters. The van der Waals surface area contributed by atoms with Gasteiger partial charge in [0.05, 0.1) is 22.9 Å². The molecule has 0 saturated carbocycles. The zero-order valence-corrected chi connectivity index (χ0v) is 28.5. The first kappa shape index (κ1) is 30.0. The van der Waals surface area contributed by atoms with Crippen molar-refractivity contribution in [1.29, 1.82) is 0 Å². The lowest BCUT2D eigenvalue weighted by Crippen LogP contribution is -2.22. The lowest BCUT2D eigenvalue weighted by Gasteiger charge is -2.34. The van der Waals surface area contributed by atoms with Gasteiger partial charge in [0.1, 0.15) is 46.0 Å². The molecule has 0 amide bonds. The zero-order chi connectivity index (χ0) is 32.8. The maximum Gasteiger partial charge on any atom is 0.230 e. The monoisotopic (exact) mass is 688 g/mol. The molecular weight excluding hydrogens is 655 g/mol.